The molecule has 0 atom stereocenters. The average Bonchev–Trinajstić information content (AvgIpc) is 2.83. The molecule has 6 aromatic rings. The zero-order valence-corrected chi connectivity index (χ0v) is 17.9. The molecule has 3 nitrogen and oxygen atoms in total. The van der Waals surface area contributed by atoms with Gasteiger partial charge < -0.3 is 9.15 Å². The van der Waals surface area contributed by atoms with Gasteiger partial charge in [0.25, 0.3) is 0 Å². The van der Waals surface area contributed by atoms with Crippen LogP contribution in [-0.2, 0) is 0 Å². The lowest BCUT2D eigenvalue weighted by Gasteiger charge is -2.14. The maximum atomic E-state index is 13.2. The highest BCUT2D eigenvalue weighted by molar-refractivity contribution is 6.28. The molecule has 0 unspecified atom stereocenters. The van der Waals surface area contributed by atoms with E-state index in [9.17, 15) is 4.79 Å². The summed E-state index contributed by atoms with van der Waals surface area (Å²) in [6.45, 7) is 6.06. The van der Waals surface area contributed by atoms with Gasteiger partial charge >= 0.3 is 5.63 Å². The highest BCUT2D eigenvalue weighted by Gasteiger charge is 2.16. The number of methoxy groups -OCH3 is 1. The van der Waals surface area contributed by atoms with Crippen molar-refractivity contribution in [2.45, 2.75) is 6.92 Å². The van der Waals surface area contributed by atoms with Crippen LogP contribution in [-0.4, -0.2) is 7.11 Å². The number of ether oxygens (including phenoxy) is 1. The van der Waals surface area contributed by atoms with E-state index in [0.717, 1.165) is 37.9 Å². The van der Waals surface area contributed by atoms with Crippen LogP contribution in [0.1, 0.15) is 12.5 Å². The summed E-state index contributed by atoms with van der Waals surface area (Å²) in [4.78, 5) is 13.2. The molecule has 0 aliphatic rings. The van der Waals surface area contributed by atoms with Crippen LogP contribution in [0.3, 0.4) is 0 Å². The van der Waals surface area contributed by atoms with Gasteiger partial charge in [0.1, 0.15) is 11.3 Å². The Hall–Kier alpha value is -4.11. The van der Waals surface area contributed by atoms with Gasteiger partial charge in [0.05, 0.1) is 12.5 Å². The molecule has 0 spiro atoms. The Balaban J connectivity index is 1.86. The third-order valence-corrected chi connectivity index (χ3v) is 6.51. The third-order valence-electron chi connectivity index (χ3n) is 6.51. The second kappa shape index (κ2) is 6.69. The van der Waals surface area contributed by atoms with Crippen LogP contribution in [0.4, 0.5) is 0 Å². The van der Waals surface area contributed by atoms with Gasteiger partial charge in [0.15, 0.2) is 0 Å². The molecule has 6 rings (SSSR count). The predicted octanol–water partition coefficient (Wildman–Crippen LogP) is 6.58. The largest absolute Gasteiger partial charge is 0.497 e. The Morgan fingerprint density at radius 2 is 1.56 bits per heavy atom. The van der Waals surface area contributed by atoms with Crippen molar-refractivity contribution in [3.63, 3.8) is 0 Å². The maximum Gasteiger partial charge on any atom is 0.344 e. The first-order valence-electron chi connectivity index (χ1n) is 10.6. The molecular formula is C29H20O3. The van der Waals surface area contributed by atoms with Gasteiger partial charge in [-0.2, -0.15) is 0 Å². The van der Waals surface area contributed by atoms with Crippen molar-refractivity contribution in [1.82, 2.24) is 0 Å². The lowest BCUT2D eigenvalue weighted by atomic mass is 9.89. The third kappa shape index (κ3) is 2.39. The van der Waals surface area contributed by atoms with Crippen molar-refractivity contribution in [3.8, 4) is 5.75 Å². The number of fused-ring (bicyclic) bond motifs is 6. The highest BCUT2D eigenvalue weighted by atomic mass is 16.5. The monoisotopic (exact) mass is 416 g/mol. The number of benzene rings is 5. The molecule has 1 aromatic heterocycles. The van der Waals surface area contributed by atoms with Crippen molar-refractivity contribution in [3.05, 3.63) is 88.4 Å². The zero-order valence-electron chi connectivity index (χ0n) is 17.9. The summed E-state index contributed by atoms with van der Waals surface area (Å²) in [5.74, 6) is 0.659. The smallest absolute Gasteiger partial charge is 0.344 e. The summed E-state index contributed by atoms with van der Waals surface area (Å²) in [5.41, 5.74) is 1.30. The molecule has 0 saturated carbocycles. The minimum Gasteiger partial charge on any atom is -0.497 e. The zero-order chi connectivity index (χ0) is 22.0. The number of hydrogen-bond donors (Lipinski definition) is 0. The van der Waals surface area contributed by atoms with Gasteiger partial charge in [-0.3, -0.25) is 0 Å². The first kappa shape index (κ1) is 18.6. The molecule has 0 N–H and O–H groups in total. The lowest BCUT2D eigenvalue weighted by Crippen LogP contribution is -2.04. The predicted molar refractivity (Wildman–Crippen MR) is 135 cm³/mol. The molecule has 3 heteroatoms. The van der Waals surface area contributed by atoms with Crippen LogP contribution in [0.25, 0.3) is 66.2 Å². The second-order valence-electron chi connectivity index (χ2n) is 8.03. The molecule has 0 saturated heterocycles. The van der Waals surface area contributed by atoms with Crippen molar-refractivity contribution in [1.29, 1.82) is 0 Å². The van der Waals surface area contributed by atoms with E-state index in [0.29, 0.717) is 16.7 Å². The molecule has 0 bridgehead atoms. The van der Waals surface area contributed by atoms with Crippen molar-refractivity contribution in [2.24, 2.45) is 0 Å². The summed E-state index contributed by atoms with van der Waals surface area (Å²) in [5, 5.41) is 10.1. The summed E-state index contributed by atoms with van der Waals surface area (Å²) in [6, 6.07) is 20.4. The number of rotatable bonds is 2. The van der Waals surface area contributed by atoms with Crippen molar-refractivity contribution < 1.29 is 9.15 Å². The van der Waals surface area contributed by atoms with Crippen LogP contribution in [0, 0.1) is 0 Å². The Kier molecular flexibility index (Phi) is 3.90. The first-order valence-corrected chi connectivity index (χ1v) is 10.6. The molecule has 0 amide bonds. The van der Waals surface area contributed by atoms with E-state index in [2.05, 4.69) is 56.0 Å². The van der Waals surface area contributed by atoms with Gasteiger partial charge in [-0.25, -0.2) is 4.79 Å². The van der Waals surface area contributed by atoms with Crippen LogP contribution >= 0.6 is 0 Å². The van der Waals surface area contributed by atoms with E-state index in [1.165, 1.54) is 16.0 Å². The topological polar surface area (TPSA) is 39.4 Å². The fourth-order valence-electron chi connectivity index (χ4n) is 5.02. The van der Waals surface area contributed by atoms with E-state index >= 15 is 0 Å². The standard InChI is InChI=1S/C29H20O3/c1-4-16-6-7-18-14-24-20(22-10-8-17(5-2)26(16)27(18)22)12-13-23-21-11-9-19(31-3)15-25(21)32-29(30)28(23)24/h4-15H,2H2,1,3H3/b16-4-. The summed E-state index contributed by atoms with van der Waals surface area (Å²) in [6.07, 6.45) is 4.03. The Labute approximate surface area is 183 Å². The SMILES string of the molecule is C=Cc1ccc2c3ccc4c5ccc(OC)cc5oc(=O)c4c3cc3cc/c(=C/C)c1c32. The molecular weight excluding hydrogens is 396 g/mol. The van der Waals surface area contributed by atoms with Crippen molar-refractivity contribution >= 4 is 66.2 Å². The van der Waals surface area contributed by atoms with Gasteiger partial charge in [-0.1, -0.05) is 55.1 Å². The Morgan fingerprint density at radius 1 is 0.812 bits per heavy atom. The minimum atomic E-state index is -0.338. The summed E-state index contributed by atoms with van der Waals surface area (Å²) in [7, 11) is 1.60. The van der Waals surface area contributed by atoms with E-state index in [4.69, 9.17) is 9.15 Å². The van der Waals surface area contributed by atoms with Gasteiger partial charge in [-0.05, 0) is 68.2 Å². The van der Waals surface area contributed by atoms with Crippen LogP contribution in [0.5, 0.6) is 5.75 Å². The minimum absolute atomic E-state index is 0.338. The molecule has 0 fully saturated rings. The fourth-order valence-corrected chi connectivity index (χ4v) is 5.02. The molecule has 0 radical (unpaired) electrons. The maximum absolute atomic E-state index is 13.2. The molecule has 154 valence electrons. The molecule has 0 aliphatic carbocycles. The molecule has 32 heavy (non-hydrogen) atoms. The average molecular weight is 416 g/mol. The van der Waals surface area contributed by atoms with Crippen molar-refractivity contribution in [2.75, 3.05) is 7.11 Å². The van der Waals surface area contributed by atoms with Crippen LogP contribution in [0.15, 0.2) is 76.5 Å². The molecule has 5 aromatic carbocycles. The normalized spacial score (nSPS) is 12.5. The quantitative estimate of drug-likeness (QED) is 0.182. The summed E-state index contributed by atoms with van der Waals surface area (Å²) < 4.78 is 11.0. The van der Waals surface area contributed by atoms with E-state index in [1.807, 2.05) is 24.3 Å². The van der Waals surface area contributed by atoms with Gasteiger partial charge in [0.2, 0.25) is 0 Å². The van der Waals surface area contributed by atoms with Crippen LogP contribution < -0.4 is 15.6 Å². The fraction of sp³-hybridized carbons (Fsp3) is 0.0690. The van der Waals surface area contributed by atoms with E-state index < -0.39 is 0 Å². The van der Waals surface area contributed by atoms with E-state index in [1.54, 1.807) is 13.2 Å². The Bertz CT molecular complexity index is 1860. The first-order chi connectivity index (χ1) is 15.6. The number of hydrogen-bond acceptors (Lipinski definition) is 3. The molecule has 0 aliphatic heterocycles. The molecule has 1 heterocycles. The highest BCUT2D eigenvalue weighted by Crippen LogP contribution is 2.38. The van der Waals surface area contributed by atoms with E-state index in [-0.39, 0.29) is 5.63 Å². The van der Waals surface area contributed by atoms with Gasteiger partial charge in [0, 0.05) is 16.8 Å². The second-order valence-corrected chi connectivity index (χ2v) is 8.03. The van der Waals surface area contributed by atoms with Gasteiger partial charge in [-0.15, -0.1) is 0 Å². The lowest BCUT2D eigenvalue weighted by molar-refractivity contribution is 0.414. The summed E-state index contributed by atoms with van der Waals surface area (Å²) >= 11 is 0. The Morgan fingerprint density at radius 3 is 2.34 bits per heavy atom. The van der Waals surface area contributed by atoms with Crippen LogP contribution in [0.2, 0.25) is 0 Å².